The van der Waals surface area contributed by atoms with E-state index in [0.29, 0.717) is 6.54 Å². The van der Waals surface area contributed by atoms with Gasteiger partial charge in [0.15, 0.2) is 5.96 Å². The monoisotopic (exact) mass is 298 g/mol. The third-order valence-corrected chi connectivity index (χ3v) is 2.38. The van der Waals surface area contributed by atoms with E-state index in [1.807, 2.05) is 33.8 Å². The Labute approximate surface area is 128 Å². The van der Waals surface area contributed by atoms with Crippen LogP contribution in [0.5, 0.6) is 0 Å². The lowest BCUT2D eigenvalue weighted by atomic mass is 10.2. The van der Waals surface area contributed by atoms with Crippen LogP contribution in [0.1, 0.15) is 40.5 Å². The molecule has 0 fully saturated rings. The normalized spacial score (nSPS) is 12.3. The topological polar surface area (TPSA) is 74.8 Å². The number of hydrogen-bond donors (Lipinski definition) is 3. The summed E-state index contributed by atoms with van der Waals surface area (Å²) >= 11 is 0. The lowest BCUT2D eigenvalue weighted by Crippen LogP contribution is -2.39. The molecule has 3 N–H and O–H groups in total. The van der Waals surface area contributed by atoms with Crippen molar-refractivity contribution in [3.8, 4) is 0 Å². The number of nitrogens with zero attached hydrogens (tertiary/aromatic N) is 1. The first-order chi connectivity index (χ1) is 9.89. The molecule has 0 saturated carbocycles. The molecule has 0 aliphatic heterocycles. The zero-order valence-corrected chi connectivity index (χ0v) is 14.0. The van der Waals surface area contributed by atoms with Crippen molar-refractivity contribution in [2.75, 3.05) is 26.7 Å². The van der Waals surface area contributed by atoms with Crippen LogP contribution in [-0.2, 0) is 4.74 Å². The fourth-order valence-corrected chi connectivity index (χ4v) is 1.46. The van der Waals surface area contributed by atoms with Crippen LogP contribution in [0, 0.1) is 0 Å². The van der Waals surface area contributed by atoms with Gasteiger partial charge in [0.25, 0.3) is 0 Å². The fourth-order valence-electron chi connectivity index (χ4n) is 1.46. The molecule has 0 spiro atoms. The number of ether oxygens (including phenoxy) is 1. The fraction of sp³-hybridized carbons (Fsp3) is 0.733. The maximum absolute atomic E-state index is 11.4. The smallest absolute Gasteiger partial charge is 0.407 e. The molecule has 6 nitrogen and oxygen atoms in total. The van der Waals surface area contributed by atoms with Gasteiger partial charge in [-0.3, -0.25) is 4.99 Å². The van der Waals surface area contributed by atoms with E-state index in [1.165, 1.54) is 0 Å². The molecule has 21 heavy (non-hydrogen) atoms. The number of amides is 1. The number of alkyl carbamates (subject to hydrolysis) is 1. The molecule has 0 aliphatic rings. The van der Waals surface area contributed by atoms with Gasteiger partial charge in [-0.15, -0.1) is 0 Å². The first kappa shape index (κ1) is 19.3. The summed E-state index contributed by atoms with van der Waals surface area (Å²) in [5.74, 6) is 0.775. The largest absolute Gasteiger partial charge is 0.444 e. The maximum Gasteiger partial charge on any atom is 0.407 e. The molecule has 0 unspecified atom stereocenters. The van der Waals surface area contributed by atoms with E-state index in [2.05, 4.69) is 27.0 Å². The number of carbonyl (C=O) groups excluding carboxylic acids is 1. The molecule has 122 valence electrons. The van der Waals surface area contributed by atoms with Gasteiger partial charge in [0, 0.05) is 26.7 Å². The van der Waals surface area contributed by atoms with Crippen LogP contribution >= 0.6 is 0 Å². The molecule has 0 bridgehead atoms. The van der Waals surface area contributed by atoms with Crippen molar-refractivity contribution >= 4 is 12.1 Å². The van der Waals surface area contributed by atoms with Crippen LogP contribution in [0.4, 0.5) is 4.79 Å². The molecule has 6 heteroatoms. The Morgan fingerprint density at radius 3 is 2.33 bits per heavy atom. The van der Waals surface area contributed by atoms with E-state index in [4.69, 9.17) is 4.74 Å². The van der Waals surface area contributed by atoms with Crippen LogP contribution in [0.25, 0.3) is 0 Å². The van der Waals surface area contributed by atoms with Crippen molar-refractivity contribution in [2.24, 2.45) is 4.99 Å². The van der Waals surface area contributed by atoms with E-state index in [9.17, 15) is 4.79 Å². The molecule has 0 heterocycles. The first-order valence-corrected chi connectivity index (χ1v) is 7.41. The Balaban J connectivity index is 3.66. The van der Waals surface area contributed by atoms with Crippen molar-refractivity contribution < 1.29 is 9.53 Å². The van der Waals surface area contributed by atoms with Gasteiger partial charge in [0.1, 0.15) is 5.60 Å². The summed E-state index contributed by atoms with van der Waals surface area (Å²) < 4.78 is 5.15. The number of allylic oxidation sites excluding steroid dienone is 1. The highest BCUT2D eigenvalue weighted by Gasteiger charge is 2.15. The summed E-state index contributed by atoms with van der Waals surface area (Å²) in [6, 6.07) is 0. The average molecular weight is 298 g/mol. The summed E-state index contributed by atoms with van der Waals surface area (Å²) in [6.45, 7) is 9.69. The van der Waals surface area contributed by atoms with Gasteiger partial charge < -0.3 is 20.7 Å². The highest BCUT2D eigenvalue weighted by atomic mass is 16.6. The zero-order valence-electron chi connectivity index (χ0n) is 14.0. The molecule has 0 rings (SSSR count). The van der Waals surface area contributed by atoms with Gasteiger partial charge in [-0.25, -0.2) is 4.79 Å². The second-order valence-corrected chi connectivity index (χ2v) is 5.57. The summed E-state index contributed by atoms with van der Waals surface area (Å²) in [4.78, 5) is 15.5. The minimum atomic E-state index is -0.457. The molecule has 0 saturated heterocycles. The molecular weight excluding hydrogens is 268 g/mol. The van der Waals surface area contributed by atoms with Crippen molar-refractivity contribution in [3.05, 3.63) is 12.2 Å². The second kappa shape index (κ2) is 11.0. The SMILES string of the molecule is C/C=C/CCNC(=NC)NCCCNC(=O)OC(C)(C)C. The van der Waals surface area contributed by atoms with Gasteiger partial charge in [-0.05, 0) is 40.5 Å². The maximum atomic E-state index is 11.4. The lowest BCUT2D eigenvalue weighted by Gasteiger charge is -2.19. The van der Waals surface area contributed by atoms with E-state index in [0.717, 1.165) is 31.9 Å². The molecule has 0 aromatic rings. The van der Waals surface area contributed by atoms with Gasteiger partial charge in [-0.2, -0.15) is 0 Å². The van der Waals surface area contributed by atoms with Crippen LogP contribution in [0.2, 0.25) is 0 Å². The van der Waals surface area contributed by atoms with E-state index in [1.54, 1.807) is 7.05 Å². The highest BCUT2D eigenvalue weighted by molar-refractivity contribution is 5.79. The van der Waals surface area contributed by atoms with E-state index >= 15 is 0 Å². The summed E-state index contributed by atoms with van der Waals surface area (Å²) in [5.41, 5.74) is -0.457. The summed E-state index contributed by atoms with van der Waals surface area (Å²) in [5, 5.41) is 9.12. The Morgan fingerprint density at radius 2 is 1.76 bits per heavy atom. The van der Waals surface area contributed by atoms with Crippen LogP contribution in [0.15, 0.2) is 17.1 Å². The molecule has 0 aliphatic carbocycles. The lowest BCUT2D eigenvalue weighted by molar-refractivity contribution is 0.0527. The zero-order chi connectivity index (χ0) is 16.1. The van der Waals surface area contributed by atoms with E-state index < -0.39 is 5.60 Å². The second-order valence-electron chi connectivity index (χ2n) is 5.57. The van der Waals surface area contributed by atoms with Crippen LogP contribution < -0.4 is 16.0 Å². The van der Waals surface area contributed by atoms with Gasteiger partial charge in [-0.1, -0.05) is 12.2 Å². The summed E-state index contributed by atoms with van der Waals surface area (Å²) in [7, 11) is 1.74. The minimum absolute atomic E-state index is 0.378. The highest BCUT2D eigenvalue weighted by Crippen LogP contribution is 2.06. The van der Waals surface area contributed by atoms with Crippen molar-refractivity contribution in [2.45, 2.75) is 46.1 Å². The average Bonchev–Trinajstić information content (AvgIpc) is 2.38. The minimum Gasteiger partial charge on any atom is -0.444 e. The van der Waals surface area contributed by atoms with Crippen LogP contribution in [0.3, 0.4) is 0 Å². The standard InChI is InChI=1S/C15H30N4O2/c1-6-7-8-10-17-13(16-5)18-11-9-12-19-14(20)21-15(2,3)4/h6-7H,8-12H2,1-5H3,(H,19,20)(H2,16,17,18)/b7-6+. The summed E-state index contributed by atoms with van der Waals surface area (Å²) in [6.07, 6.45) is 5.52. The number of rotatable bonds is 7. The molecule has 1 amide bonds. The number of nitrogens with one attached hydrogen (secondary N) is 3. The van der Waals surface area contributed by atoms with Gasteiger partial charge in [0.2, 0.25) is 0 Å². The molecular formula is C15H30N4O2. The Bertz CT molecular complexity index is 346. The Kier molecular flexibility index (Phi) is 10.1. The third kappa shape index (κ3) is 13.0. The van der Waals surface area contributed by atoms with Crippen molar-refractivity contribution in [1.29, 1.82) is 0 Å². The van der Waals surface area contributed by atoms with Crippen molar-refractivity contribution in [1.82, 2.24) is 16.0 Å². The quantitative estimate of drug-likeness (QED) is 0.291. The molecule has 0 atom stereocenters. The molecule has 0 aromatic carbocycles. The van der Waals surface area contributed by atoms with Crippen LogP contribution in [-0.4, -0.2) is 44.3 Å². The Morgan fingerprint density at radius 1 is 1.14 bits per heavy atom. The van der Waals surface area contributed by atoms with Gasteiger partial charge >= 0.3 is 6.09 Å². The predicted octanol–water partition coefficient (Wildman–Crippen LogP) is 2.03. The predicted molar refractivity (Wildman–Crippen MR) is 87.6 cm³/mol. The number of aliphatic imine (C=N–C) groups is 1. The number of carbonyl (C=O) groups is 1. The number of hydrogen-bond acceptors (Lipinski definition) is 3. The molecule has 0 aromatic heterocycles. The van der Waals surface area contributed by atoms with Gasteiger partial charge in [0.05, 0.1) is 0 Å². The van der Waals surface area contributed by atoms with Crippen molar-refractivity contribution in [3.63, 3.8) is 0 Å². The molecule has 0 radical (unpaired) electrons. The van der Waals surface area contributed by atoms with E-state index in [-0.39, 0.29) is 6.09 Å². The number of guanidine groups is 1. The third-order valence-electron chi connectivity index (χ3n) is 2.38. The Hall–Kier alpha value is -1.72. The first-order valence-electron chi connectivity index (χ1n) is 7.41.